The van der Waals surface area contributed by atoms with Crippen LogP contribution in [-0.2, 0) is 4.74 Å². The van der Waals surface area contributed by atoms with Crippen molar-refractivity contribution in [2.45, 2.75) is 31.4 Å². The monoisotopic (exact) mass is 379 g/mol. The van der Waals surface area contributed by atoms with E-state index in [0.717, 1.165) is 23.8 Å². The molecule has 3 aromatic rings. The van der Waals surface area contributed by atoms with Crippen molar-refractivity contribution in [3.8, 4) is 17.0 Å². The molecule has 0 unspecified atom stereocenters. The minimum absolute atomic E-state index is 0.0767. The molecule has 0 bridgehead atoms. The molecule has 0 spiro atoms. The number of hydrogen-bond donors (Lipinski definition) is 2. The lowest BCUT2D eigenvalue weighted by Gasteiger charge is -2.44. The summed E-state index contributed by atoms with van der Waals surface area (Å²) in [5, 5.41) is 23.8. The van der Waals surface area contributed by atoms with E-state index < -0.39 is 0 Å². The summed E-state index contributed by atoms with van der Waals surface area (Å²) in [4.78, 5) is 0. The molecule has 144 valence electrons. The van der Waals surface area contributed by atoms with E-state index in [0.29, 0.717) is 22.5 Å². The van der Waals surface area contributed by atoms with Crippen LogP contribution in [0.25, 0.3) is 28.1 Å². The van der Waals surface area contributed by atoms with Gasteiger partial charge >= 0.3 is 0 Å². The zero-order valence-electron chi connectivity index (χ0n) is 15.9. The van der Waals surface area contributed by atoms with Crippen molar-refractivity contribution in [3.05, 3.63) is 54.4 Å². The molecule has 5 nitrogen and oxygen atoms in total. The first kappa shape index (κ1) is 18.4. The first-order chi connectivity index (χ1) is 13.4. The Hall–Kier alpha value is -2.99. The Labute approximate surface area is 162 Å². The summed E-state index contributed by atoms with van der Waals surface area (Å²) >= 11 is 0. The van der Waals surface area contributed by atoms with E-state index in [2.05, 4.69) is 29.0 Å². The molecule has 1 fully saturated rings. The molecular weight excluding hydrogens is 357 g/mol. The number of halogens is 1. The molecule has 0 saturated heterocycles. The number of rotatable bonds is 5. The summed E-state index contributed by atoms with van der Waals surface area (Å²) in [5.74, 6) is 0.257. The molecule has 2 N–H and O–H groups in total. The van der Waals surface area contributed by atoms with E-state index in [9.17, 15) is 9.50 Å². The SMILES string of the molecule is C=Cc1ccc(-c2nnc(NC3CC(C)(OC)C3)c3cc(F)ccc23)c(O)c1. The number of phenolic OH excluding ortho intramolecular Hbond substituents is 1. The predicted octanol–water partition coefficient (Wildman–Crippen LogP) is 4.76. The van der Waals surface area contributed by atoms with Gasteiger partial charge in [0, 0.05) is 29.5 Å². The number of anilines is 1. The fourth-order valence-electron chi connectivity index (χ4n) is 3.75. The Kier molecular flexibility index (Phi) is 4.51. The van der Waals surface area contributed by atoms with Gasteiger partial charge in [-0.25, -0.2) is 4.39 Å². The number of aromatic hydroxyl groups is 1. The van der Waals surface area contributed by atoms with Crippen molar-refractivity contribution >= 4 is 22.7 Å². The second-order valence-electron chi connectivity index (χ2n) is 7.47. The smallest absolute Gasteiger partial charge is 0.156 e. The number of ether oxygens (including phenoxy) is 1. The summed E-state index contributed by atoms with van der Waals surface area (Å²) in [6, 6.07) is 9.91. The summed E-state index contributed by atoms with van der Waals surface area (Å²) in [6.07, 6.45) is 3.34. The fourth-order valence-corrected chi connectivity index (χ4v) is 3.75. The van der Waals surface area contributed by atoms with Gasteiger partial charge in [-0.15, -0.1) is 10.2 Å². The van der Waals surface area contributed by atoms with Gasteiger partial charge in [0.15, 0.2) is 5.82 Å². The lowest BCUT2D eigenvalue weighted by atomic mass is 9.77. The van der Waals surface area contributed by atoms with Crippen LogP contribution in [0.15, 0.2) is 43.0 Å². The molecule has 28 heavy (non-hydrogen) atoms. The van der Waals surface area contributed by atoms with Gasteiger partial charge in [0.2, 0.25) is 0 Å². The first-order valence-corrected chi connectivity index (χ1v) is 9.16. The van der Waals surface area contributed by atoms with Crippen LogP contribution in [-0.4, -0.2) is 34.1 Å². The van der Waals surface area contributed by atoms with E-state index in [4.69, 9.17) is 4.74 Å². The lowest BCUT2D eigenvalue weighted by molar-refractivity contribution is -0.0625. The van der Waals surface area contributed by atoms with Crippen LogP contribution >= 0.6 is 0 Å². The number of fused-ring (bicyclic) bond motifs is 1. The van der Waals surface area contributed by atoms with Crippen LogP contribution in [0.4, 0.5) is 10.2 Å². The van der Waals surface area contributed by atoms with Gasteiger partial charge in [-0.2, -0.15) is 0 Å². The van der Waals surface area contributed by atoms with Crippen molar-refractivity contribution in [3.63, 3.8) is 0 Å². The van der Waals surface area contributed by atoms with E-state index >= 15 is 0 Å². The Bertz CT molecular complexity index is 1060. The molecule has 4 rings (SSSR count). The third-order valence-corrected chi connectivity index (χ3v) is 5.44. The Morgan fingerprint density at radius 3 is 2.68 bits per heavy atom. The molecule has 0 amide bonds. The number of nitrogens with zero attached hydrogens (tertiary/aromatic N) is 2. The number of phenols is 1. The minimum Gasteiger partial charge on any atom is -0.507 e. The van der Waals surface area contributed by atoms with Crippen molar-refractivity contribution < 1.29 is 14.2 Å². The van der Waals surface area contributed by atoms with E-state index in [-0.39, 0.29) is 23.2 Å². The van der Waals surface area contributed by atoms with Crippen molar-refractivity contribution in [1.29, 1.82) is 0 Å². The molecular formula is C22H22FN3O2. The fraction of sp³-hybridized carbons (Fsp3) is 0.273. The molecule has 2 aromatic carbocycles. The van der Waals surface area contributed by atoms with E-state index in [1.54, 1.807) is 31.4 Å². The topological polar surface area (TPSA) is 67.3 Å². The number of methoxy groups -OCH3 is 1. The number of hydrogen-bond acceptors (Lipinski definition) is 5. The van der Waals surface area contributed by atoms with Gasteiger partial charge in [0.05, 0.1) is 5.60 Å². The Morgan fingerprint density at radius 2 is 2.00 bits per heavy atom. The summed E-state index contributed by atoms with van der Waals surface area (Å²) in [6.45, 7) is 5.77. The molecule has 1 saturated carbocycles. The quantitative estimate of drug-likeness (QED) is 0.669. The molecule has 0 aliphatic heterocycles. The largest absolute Gasteiger partial charge is 0.507 e. The predicted molar refractivity (Wildman–Crippen MR) is 109 cm³/mol. The summed E-state index contributed by atoms with van der Waals surface area (Å²) in [5.41, 5.74) is 1.71. The normalized spacial score (nSPS) is 21.3. The van der Waals surface area contributed by atoms with E-state index in [1.807, 2.05) is 6.07 Å². The summed E-state index contributed by atoms with van der Waals surface area (Å²) < 4.78 is 19.5. The van der Waals surface area contributed by atoms with Crippen molar-refractivity contribution in [1.82, 2.24) is 10.2 Å². The molecule has 1 aliphatic rings. The van der Waals surface area contributed by atoms with Gasteiger partial charge < -0.3 is 15.2 Å². The first-order valence-electron chi connectivity index (χ1n) is 9.16. The number of benzene rings is 2. The zero-order valence-corrected chi connectivity index (χ0v) is 15.9. The average molecular weight is 379 g/mol. The van der Waals surface area contributed by atoms with Gasteiger partial charge in [-0.05, 0) is 55.7 Å². The van der Waals surface area contributed by atoms with E-state index in [1.165, 1.54) is 12.1 Å². The Balaban J connectivity index is 1.76. The Morgan fingerprint density at radius 1 is 1.21 bits per heavy atom. The van der Waals surface area contributed by atoms with Gasteiger partial charge in [-0.3, -0.25) is 0 Å². The average Bonchev–Trinajstić information content (AvgIpc) is 2.67. The standard InChI is InChI=1S/C22H22FN3O2/c1-4-13-5-7-17(19(27)9-13)20-16-8-6-14(23)10-18(16)21(26-25-20)24-15-11-22(2,12-15)28-3/h4-10,15,27H,1,11-12H2,2-3H3,(H,24,26). The third-order valence-electron chi connectivity index (χ3n) is 5.44. The molecule has 0 radical (unpaired) electrons. The van der Waals surface area contributed by atoms with Crippen LogP contribution < -0.4 is 5.32 Å². The molecule has 1 aliphatic carbocycles. The highest BCUT2D eigenvalue weighted by atomic mass is 19.1. The molecule has 1 heterocycles. The van der Waals surface area contributed by atoms with Gasteiger partial charge in [0.25, 0.3) is 0 Å². The summed E-state index contributed by atoms with van der Waals surface area (Å²) in [7, 11) is 1.71. The minimum atomic E-state index is -0.351. The maximum absolute atomic E-state index is 14.0. The second-order valence-corrected chi connectivity index (χ2v) is 7.47. The van der Waals surface area contributed by atoms with Crippen LogP contribution in [0.5, 0.6) is 5.75 Å². The third kappa shape index (κ3) is 3.20. The van der Waals surface area contributed by atoms with Crippen molar-refractivity contribution in [2.75, 3.05) is 12.4 Å². The molecule has 1 aromatic heterocycles. The highest BCUT2D eigenvalue weighted by molar-refractivity contribution is 6.01. The number of nitrogens with one attached hydrogen (secondary N) is 1. The number of aromatic nitrogens is 2. The van der Waals surface area contributed by atoms with Gasteiger partial charge in [-0.1, -0.05) is 18.7 Å². The highest BCUT2D eigenvalue weighted by Crippen LogP contribution is 2.39. The molecule has 0 atom stereocenters. The molecule has 6 heteroatoms. The van der Waals surface area contributed by atoms with Crippen molar-refractivity contribution in [2.24, 2.45) is 0 Å². The lowest BCUT2D eigenvalue weighted by Crippen LogP contribution is -2.49. The second kappa shape index (κ2) is 6.87. The maximum atomic E-state index is 14.0. The van der Waals surface area contributed by atoms with Crippen LogP contribution in [0, 0.1) is 5.82 Å². The van der Waals surface area contributed by atoms with Crippen LogP contribution in [0.3, 0.4) is 0 Å². The highest BCUT2D eigenvalue weighted by Gasteiger charge is 2.40. The van der Waals surface area contributed by atoms with Gasteiger partial charge in [0.1, 0.15) is 17.3 Å². The zero-order chi connectivity index (χ0) is 19.9. The van der Waals surface area contributed by atoms with Crippen LogP contribution in [0.2, 0.25) is 0 Å². The maximum Gasteiger partial charge on any atom is 0.156 e. The van der Waals surface area contributed by atoms with Crippen LogP contribution in [0.1, 0.15) is 25.3 Å².